The smallest absolute Gasteiger partial charge is 0.446 e. The van der Waals surface area contributed by atoms with Gasteiger partial charge in [-0.25, -0.2) is 14.4 Å². The molecular weight excluding hydrogens is 540 g/mol. The predicted molar refractivity (Wildman–Crippen MR) is 136 cm³/mol. The lowest BCUT2D eigenvalue weighted by Crippen LogP contribution is -2.61. The van der Waals surface area contributed by atoms with Crippen LogP contribution < -0.4 is 10.6 Å². The van der Waals surface area contributed by atoms with Gasteiger partial charge >= 0.3 is 6.18 Å². The summed E-state index contributed by atoms with van der Waals surface area (Å²) < 4.78 is 56.8. The number of likely N-dealkylation sites (tertiary alicyclic amines) is 1. The first-order chi connectivity index (χ1) is 18.6. The van der Waals surface area contributed by atoms with E-state index < -0.39 is 41.5 Å². The van der Waals surface area contributed by atoms with E-state index in [0.29, 0.717) is 21.8 Å². The zero-order chi connectivity index (χ0) is 28.3. The second-order valence-electron chi connectivity index (χ2n) is 8.38. The highest BCUT2D eigenvalue weighted by Gasteiger charge is 2.37. The number of nitrogens with one attached hydrogen (secondary N) is 2. The zero-order valence-corrected chi connectivity index (χ0v) is 21.9. The quantitative estimate of drug-likeness (QED) is 0.306. The van der Waals surface area contributed by atoms with Crippen molar-refractivity contribution in [1.29, 1.82) is 0 Å². The summed E-state index contributed by atoms with van der Waals surface area (Å²) in [4.78, 5) is 39.6. The molecule has 1 atom stereocenters. The van der Waals surface area contributed by atoms with Crippen molar-refractivity contribution in [2.24, 2.45) is 0 Å². The average molecular weight is 565 g/mol. The van der Waals surface area contributed by atoms with Gasteiger partial charge in [0.25, 0.3) is 11.8 Å². The number of hydrogen-bond acceptors (Lipinski definition) is 8. The van der Waals surface area contributed by atoms with Crippen molar-refractivity contribution in [3.05, 3.63) is 70.6 Å². The third kappa shape index (κ3) is 6.16. The van der Waals surface area contributed by atoms with Crippen LogP contribution in [0.1, 0.15) is 59.2 Å². The monoisotopic (exact) mass is 564 g/mol. The van der Waals surface area contributed by atoms with Gasteiger partial charge in [0.05, 0.1) is 28.5 Å². The summed E-state index contributed by atoms with van der Waals surface area (Å²) in [6, 6.07) is 3.85. The van der Waals surface area contributed by atoms with Crippen LogP contribution in [0.4, 0.5) is 23.5 Å². The van der Waals surface area contributed by atoms with E-state index in [0.717, 1.165) is 12.3 Å². The fourth-order valence-electron chi connectivity index (χ4n) is 3.77. The highest BCUT2D eigenvalue weighted by molar-refractivity contribution is 7.17. The lowest BCUT2D eigenvalue weighted by Gasteiger charge is -2.39. The second-order valence-corrected chi connectivity index (χ2v) is 9.29. The number of aromatic nitrogens is 3. The molecular formula is C25H24F4N6O3S. The summed E-state index contributed by atoms with van der Waals surface area (Å²) >= 11 is 1.30. The van der Waals surface area contributed by atoms with E-state index in [1.807, 2.05) is 13.8 Å². The highest BCUT2D eigenvalue weighted by atomic mass is 32.1. The largest absolute Gasteiger partial charge is 0.449 e. The van der Waals surface area contributed by atoms with E-state index in [4.69, 9.17) is 0 Å². The van der Waals surface area contributed by atoms with Gasteiger partial charge in [0.2, 0.25) is 11.7 Å². The second kappa shape index (κ2) is 11.4. The van der Waals surface area contributed by atoms with Crippen LogP contribution in [0.25, 0.3) is 10.2 Å². The van der Waals surface area contributed by atoms with Crippen molar-refractivity contribution >= 4 is 39.3 Å². The van der Waals surface area contributed by atoms with E-state index in [1.54, 1.807) is 18.4 Å². The first-order valence-corrected chi connectivity index (χ1v) is 12.9. The Hall–Kier alpha value is -4.07. The zero-order valence-electron chi connectivity index (χ0n) is 21.0. The third-order valence-electron chi connectivity index (χ3n) is 5.69. The molecule has 0 saturated carbocycles. The Morgan fingerprint density at radius 3 is 2.56 bits per heavy atom. The van der Waals surface area contributed by atoms with E-state index in [2.05, 4.69) is 30.0 Å². The first kappa shape index (κ1) is 28.0. The molecule has 1 saturated heterocycles. The Balaban J connectivity index is 0.00000172. The lowest BCUT2D eigenvalue weighted by atomic mass is 10.1. The van der Waals surface area contributed by atoms with Gasteiger partial charge in [0.1, 0.15) is 5.82 Å². The van der Waals surface area contributed by atoms with Gasteiger partial charge in [-0.05, 0) is 42.1 Å². The molecule has 2 N–H and O–H groups in total. The number of carbonyl (C=O) groups is 2. The number of carbonyl (C=O) groups excluding carboxylic acids is 2. The molecule has 1 fully saturated rings. The first-order valence-electron chi connectivity index (χ1n) is 12.0. The van der Waals surface area contributed by atoms with Crippen LogP contribution in [0.15, 0.2) is 46.5 Å². The molecule has 1 aliphatic rings. The summed E-state index contributed by atoms with van der Waals surface area (Å²) in [5.74, 6) is -3.23. The topological polar surface area (TPSA) is 113 Å². The minimum atomic E-state index is -4.69. The summed E-state index contributed by atoms with van der Waals surface area (Å²) in [5.41, 5.74) is 1.29. The predicted octanol–water partition coefficient (Wildman–Crippen LogP) is 5.29. The standard InChI is InChI=1S/C23H18F4N6O3S.C2H6/c1-11(12-6-13(24)8-28-7-12)29-22-31-15-4-5-37-19(15)18(32-22)21(35)33-9-14(10-33)30-20(34)16-2-3-17(36-16)23(25,26)27;1-2/h2-8,11,14H,9-10H2,1H3,(H,30,34)(H,29,31,32);1-2H3/t11-;/m0./s1. The molecule has 4 aromatic rings. The van der Waals surface area contributed by atoms with Crippen molar-refractivity contribution in [2.45, 2.75) is 39.0 Å². The maximum Gasteiger partial charge on any atom is 0.449 e. The minimum absolute atomic E-state index is 0.141. The van der Waals surface area contributed by atoms with Gasteiger partial charge < -0.3 is 20.0 Å². The van der Waals surface area contributed by atoms with Crippen molar-refractivity contribution in [2.75, 3.05) is 18.4 Å². The van der Waals surface area contributed by atoms with Crippen LogP contribution >= 0.6 is 11.3 Å². The van der Waals surface area contributed by atoms with Crippen molar-refractivity contribution < 1.29 is 31.6 Å². The summed E-state index contributed by atoms with van der Waals surface area (Å²) in [7, 11) is 0. The third-order valence-corrected chi connectivity index (χ3v) is 6.60. The fraction of sp³-hybridized carbons (Fsp3) is 0.320. The molecule has 206 valence electrons. The molecule has 5 heterocycles. The van der Waals surface area contributed by atoms with Crippen molar-refractivity contribution in [3.63, 3.8) is 0 Å². The van der Waals surface area contributed by atoms with Gasteiger partial charge in [-0.2, -0.15) is 13.2 Å². The van der Waals surface area contributed by atoms with Gasteiger partial charge in [-0.3, -0.25) is 14.6 Å². The average Bonchev–Trinajstić information content (AvgIpc) is 3.56. The molecule has 5 rings (SSSR count). The molecule has 9 nitrogen and oxygen atoms in total. The number of amides is 2. The molecule has 0 radical (unpaired) electrons. The Morgan fingerprint density at radius 1 is 1.15 bits per heavy atom. The number of fused-ring (bicyclic) bond motifs is 1. The van der Waals surface area contributed by atoms with Gasteiger partial charge in [-0.15, -0.1) is 11.3 Å². The van der Waals surface area contributed by atoms with Crippen LogP contribution in [-0.4, -0.2) is 50.8 Å². The number of furan rings is 1. The normalized spacial score (nSPS) is 14.3. The molecule has 0 bridgehead atoms. The van der Waals surface area contributed by atoms with Crippen LogP contribution in [-0.2, 0) is 6.18 Å². The summed E-state index contributed by atoms with van der Waals surface area (Å²) in [6.45, 7) is 6.06. The van der Waals surface area contributed by atoms with Crippen LogP contribution in [0.5, 0.6) is 0 Å². The molecule has 39 heavy (non-hydrogen) atoms. The number of rotatable bonds is 6. The Morgan fingerprint density at radius 2 is 1.90 bits per heavy atom. The summed E-state index contributed by atoms with van der Waals surface area (Å²) in [6.07, 6.45) is -2.09. The highest BCUT2D eigenvalue weighted by Crippen LogP contribution is 2.31. The number of pyridine rings is 1. The minimum Gasteiger partial charge on any atom is -0.446 e. The molecule has 0 spiro atoms. The Kier molecular flexibility index (Phi) is 8.14. The van der Waals surface area contributed by atoms with Crippen LogP contribution in [0.3, 0.4) is 0 Å². The SMILES string of the molecule is CC.C[C@H](Nc1nc(C(=O)N2CC(NC(=O)c3ccc(C(F)(F)F)o3)C2)c2sccc2n1)c1cncc(F)c1. The maximum absolute atomic E-state index is 13.5. The number of alkyl halides is 3. The van der Waals surface area contributed by atoms with E-state index in [-0.39, 0.29) is 30.6 Å². The molecule has 0 unspecified atom stereocenters. The lowest BCUT2D eigenvalue weighted by molar-refractivity contribution is -0.153. The van der Waals surface area contributed by atoms with E-state index in [1.165, 1.54) is 28.5 Å². The number of anilines is 1. The van der Waals surface area contributed by atoms with E-state index in [9.17, 15) is 27.2 Å². The van der Waals surface area contributed by atoms with Crippen LogP contribution in [0, 0.1) is 5.82 Å². The van der Waals surface area contributed by atoms with Gasteiger partial charge in [0.15, 0.2) is 11.5 Å². The number of nitrogens with zero attached hydrogens (tertiary/aromatic N) is 4. The Labute approximate surface area is 224 Å². The van der Waals surface area contributed by atoms with Gasteiger partial charge in [0, 0.05) is 19.3 Å². The Bertz CT molecular complexity index is 1480. The number of thiophene rings is 1. The molecule has 14 heteroatoms. The van der Waals surface area contributed by atoms with Crippen LogP contribution in [0.2, 0.25) is 0 Å². The van der Waals surface area contributed by atoms with Crippen molar-refractivity contribution in [3.8, 4) is 0 Å². The fourth-order valence-corrected chi connectivity index (χ4v) is 4.58. The maximum atomic E-state index is 13.5. The van der Waals surface area contributed by atoms with E-state index >= 15 is 0 Å². The van der Waals surface area contributed by atoms with Gasteiger partial charge in [-0.1, -0.05) is 13.8 Å². The molecule has 2 amide bonds. The summed E-state index contributed by atoms with van der Waals surface area (Å²) in [5, 5.41) is 7.39. The number of hydrogen-bond donors (Lipinski definition) is 2. The number of halogens is 4. The van der Waals surface area contributed by atoms with Crippen molar-refractivity contribution in [1.82, 2.24) is 25.2 Å². The molecule has 1 aliphatic heterocycles. The molecule has 0 aliphatic carbocycles. The molecule has 4 aromatic heterocycles. The molecule has 0 aromatic carbocycles.